The lowest BCUT2D eigenvalue weighted by atomic mass is 10.1. The summed E-state index contributed by atoms with van der Waals surface area (Å²) >= 11 is 0. The summed E-state index contributed by atoms with van der Waals surface area (Å²) in [6.45, 7) is 1.76. The fraction of sp³-hybridized carbons (Fsp3) is 0.636. The van der Waals surface area contributed by atoms with Gasteiger partial charge in [-0.15, -0.1) is 0 Å². The molecule has 1 aliphatic heterocycles. The van der Waals surface area contributed by atoms with Crippen molar-refractivity contribution < 1.29 is 9.32 Å². The van der Waals surface area contributed by atoms with Crippen molar-refractivity contribution in [3.8, 4) is 0 Å². The highest BCUT2D eigenvalue weighted by Crippen LogP contribution is 2.33. The molecule has 1 fully saturated rings. The van der Waals surface area contributed by atoms with Gasteiger partial charge in [0, 0.05) is 31.0 Å². The molecule has 1 saturated carbocycles. The zero-order chi connectivity index (χ0) is 11.1. The SMILES string of the molecule is NCc1noc2c1CN(C(=O)C1CC1)CC2. The van der Waals surface area contributed by atoms with E-state index in [1.165, 1.54) is 0 Å². The Morgan fingerprint density at radius 1 is 1.56 bits per heavy atom. The van der Waals surface area contributed by atoms with Crippen LogP contribution in [0.3, 0.4) is 0 Å². The molecule has 1 aliphatic carbocycles. The van der Waals surface area contributed by atoms with E-state index in [-0.39, 0.29) is 11.8 Å². The first-order valence-electron chi connectivity index (χ1n) is 5.74. The Bertz CT molecular complexity index is 409. The molecule has 0 atom stereocenters. The second-order valence-electron chi connectivity index (χ2n) is 4.52. The van der Waals surface area contributed by atoms with Gasteiger partial charge >= 0.3 is 0 Å². The maximum Gasteiger partial charge on any atom is 0.225 e. The Labute approximate surface area is 93.6 Å². The Kier molecular flexibility index (Phi) is 2.21. The molecule has 16 heavy (non-hydrogen) atoms. The van der Waals surface area contributed by atoms with Crippen molar-refractivity contribution in [2.24, 2.45) is 11.7 Å². The molecule has 0 aromatic carbocycles. The Morgan fingerprint density at radius 3 is 3.06 bits per heavy atom. The van der Waals surface area contributed by atoms with E-state index in [0.29, 0.717) is 13.1 Å². The second-order valence-corrected chi connectivity index (χ2v) is 4.52. The van der Waals surface area contributed by atoms with Crippen molar-refractivity contribution in [3.63, 3.8) is 0 Å². The summed E-state index contributed by atoms with van der Waals surface area (Å²) in [6, 6.07) is 0. The third-order valence-electron chi connectivity index (χ3n) is 3.34. The van der Waals surface area contributed by atoms with Gasteiger partial charge in [0.25, 0.3) is 0 Å². The van der Waals surface area contributed by atoms with Crippen molar-refractivity contribution in [2.75, 3.05) is 6.54 Å². The van der Waals surface area contributed by atoms with E-state index in [0.717, 1.165) is 42.8 Å². The fourth-order valence-electron chi connectivity index (χ4n) is 2.20. The molecule has 2 heterocycles. The number of amides is 1. The number of aromatic nitrogens is 1. The van der Waals surface area contributed by atoms with Gasteiger partial charge in [0.15, 0.2) is 0 Å². The van der Waals surface area contributed by atoms with Crippen LogP contribution in [0.5, 0.6) is 0 Å². The summed E-state index contributed by atoms with van der Waals surface area (Å²) in [7, 11) is 0. The maximum absolute atomic E-state index is 11.9. The highest BCUT2D eigenvalue weighted by molar-refractivity contribution is 5.81. The lowest BCUT2D eigenvalue weighted by molar-refractivity contribution is -0.133. The summed E-state index contributed by atoms with van der Waals surface area (Å²) < 4.78 is 5.21. The van der Waals surface area contributed by atoms with Crippen LogP contribution in [0, 0.1) is 5.92 Å². The van der Waals surface area contributed by atoms with Crippen molar-refractivity contribution >= 4 is 5.91 Å². The van der Waals surface area contributed by atoms with Crippen molar-refractivity contribution in [3.05, 3.63) is 17.0 Å². The molecule has 0 saturated heterocycles. The first kappa shape index (κ1) is 9.84. The van der Waals surface area contributed by atoms with Gasteiger partial charge in [-0.3, -0.25) is 4.79 Å². The van der Waals surface area contributed by atoms with Gasteiger partial charge in [0.1, 0.15) is 11.5 Å². The Hall–Kier alpha value is -1.36. The predicted octanol–water partition coefficient (Wildman–Crippen LogP) is 0.428. The van der Waals surface area contributed by atoms with Crippen molar-refractivity contribution in [2.45, 2.75) is 32.4 Å². The maximum atomic E-state index is 11.9. The van der Waals surface area contributed by atoms with Gasteiger partial charge in [-0.05, 0) is 12.8 Å². The molecule has 1 aromatic rings. The summed E-state index contributed by atoms with van der Waals surface area (Å²) in [5.41, 5.74) is 7.41. The van der Waals surface area contributed by atoms with E-state index in [4.69, 9.17) is 10.3 Å². The molecule has 5 nitrogen and oxygen atoms in total. The monoisotopic (exact) mass is 221 g/mol. The van der Waals surface area contributed by atoms with Crippen LogP contribution in [0.4, 0.5) is 0 Å². The molecule has 2 N–H and O–H groups in total. The van der Waals surface area contributed by atoms with E-state index in [9.17, 15) is 4.79 Å². The molecule has 5 heteroatoms. The van der Waals surface area contributed by atoms with Crippen LogP contribution in [0.2, 0.25) is 0 Å². The fourth-order valence-corrected chi connectivity index (χ4v) is 2.20. The zero-order valence-electron chi connectivity index (χ0n) is 9.11. The molecular weight excluding hydrogens is 206 g/mol. The van der Waals surface area contributed by atoms with Gasteiger partial charge in [-0.2, -0.15) is 0 Å². The van der Waals surface area contributed by atoms with E-state index in [2.05, 4.69) is 5.16 Å². The number of fused-ring (bicyclic) bond motifs is 1. The summed E-state index contributed by atoms with van der Waals surface area (Å²) in [6.07, 6.45) is 2.87. The smallest absolute Gasteiger partial charge is 0.225 e. The van der Waals surface area contributed by atoms with Crippen LogP contribution in [-0.2, 0) is 24.3 Å². The van der Waals surface area contributed by atoms with E-state index < -0.39 is 0 Å². The average molecular weight is 221 g/mol. The molecule has 1 aromatic heterocycles. The number of rotatable bonds is 2. The molecule has 0 spiro atoms. The highest BCUT2D eigenvalue weighted by Gasteiger charge is 2.35. The first-order valence-corrected chi connectivity index (χ1v) is 5.74. The number of nitrogens with zero attached hydrogens (tertiary/aromatic N) is 2. The number of hydrogen-bond acceptors (Lipinski definition) is 4. The second kappa shape index (κ2) is 3.59. The lowest BCUT2D eigenvalue weighted by Gasteiger charge is -2.26. The number of hydrogen-bond donors (Lipinski definition) is 1. The summed E-state index contributed by atoms with van der Waals surface area (Å²) in [5, 5.41) is 3.93. The average Bonchev–Trinajstić information content (AvgIpc) is 3.08. The number of nitrogens with two attached hydrogens (primary N) is 1. The van der Waals surface area contributed by atoms with Crippen LogP contribution >= 0.6 is 0 Å². The topological polar surface area (TPSA) is 72.4 Å². The standard InChI is InChI=1S/C11H15N3O2/c12-5-9-8-6-14(11(15)7-1-2-7)4-3-10(8)16-13-9/h7H,1-6,12H2. The van der Waals surface area contributed by atoms with Gasteiger partial charge in [0.05, 0.1) is 6.54 Å². The van der Waals surface area contributed by atoms with Crippen molar-refractivity contribution in [1.29, 1.82) is 0 Å². The third kappa shape index (κ3) is 1.51. The normalized spacial score (nSPS) is 19.7. The molecule has 0 radical (unpaired) electrons. The lowest BCUT2D eigenvalue weighted by Crippen LogP contribution is -2.36. The van der Waals surface area contributed by atoms with Crippen molar-refractivity contribution in [1.82, 2.24) is 10.1 Å². The quantitative estimate of drug-likeness (QED) is 0.786. The minimum Gasteiger partial charge on any atom is -0.361 e. The molecule has 86 valence electrons. The van der Waals surface area contributed by atoms with Gasteiger partial charge in [-0.1, -0.05) is 5.16 Å². The van der Waals surface area contributed by atoms with Crippen LogP contribution in [0.25, 0.3) is 0 Å². The van der Waals surface area contributed by atoms with E-state index in [1.807, 2.05) is 4.90 Å². The van der Waals surface area contributed by atoms with Gasteiger partial charge in [0.2, 0.25) is 5.91 Å². The molecular formula is C11H15N3O2. The summed E-state index contributed by atoms with van der Waals surface area (Å²) in [4.78, 5) is 13.8. The van der Waals surface area contributed by atoms with Gasteiger partial charge in [-0.25, -0.2) is 0 Å². The first-order chi connectivity index (χ1) is 7.79. The van der Waals surface area contributed by atoms with Crippen LogP contribution < -0.4 is 5.73 Å². The van der Waals surface area contributed by atoms with Crippen LogP contribution in [0.1, 0.15) is 29.9 Å². The number of carbonyl (C=O) groups excluding carboxylic acids is 1. The van der Waals surface area contributed by atoms with Crippen LogP contribution in [-0.4, -0.2) is 22.5 Å². The molecule has 0 unspecified atom stereocenters. The highest BCUT2D eigenvalue weighted by atomic mass is 16.5. The summed E-state index contributed by atoms with van der Waals surface area (Å²) in [5.74, 6) is 1.47. The van der Waals surface area contributed by atoms with Crippen LogP contribution in [0.15, 0.2) is 4.52 Å². The predicted molar refractivity (Wildman–Crippen MR) is 56.2 cm³/mol. The largest absolute Gasteiger partial charge is 0.361 e. The minimum absolute atomic E-state index is 0.280. The molecule has 1 amide bonds. The Balaban J connectivity index is 1.81. The zero-order valence-corrected chi connectivity index (χ0v) is 9.11. The third-order valence-corrected chi connectivity index (χ3v) is 3.34. The Morgan fingerprint density at radius 2 is 2.38 bits per heavy atom. The van der Waals surface area contributed by atoms with E-state index >= 15 is 0 Å². The molecule has 3 rings (SSSR count). The van der Waals surface area contributed by atoms with E-state index in [1.54, 1.807) is 0 Å². The minimum atomic E-state index is 0.280. The number of carbonyl (C=O) groups is 1. The molecule has 2 aliphatic rings. The van der Waals surface area contributed by atoms with Gasteiger partial charge < -0.3 is 15.2 Å². The molecule has 0 bridgehead atoms.